The van der Waals surface area contributed by atoms with Crippen LogP contribution in [0.5, 0.6) is 0 Å². The van der Waals surface area contributed by atoms with E-state index in [1.165, 1.54) is 16.4 Å². The predicted octanol–water partition coefficient (Wildman–Crippen LogP) is 1.38. The smallest absolute Gasteiger partial charge is 0.243 e. The molecule has 10 heteroatoms. The standard InChI is InChI=1S/C19H26N4O5S/c1-14-18(15(2)28-21-14)12-22(3)13-19(24)20-16-4-6-17(7-5-16)29(25,26)23-8-10-27-11-9-23/h4-7H,8-13H2,1-3H3,(H,20,24). The summed E-state index contributed by atoms with van der Waals surface area (Å²) in [4.78, 5) is 14.4. The van der Waals surface area contributed by atoms with E-state index >= 15 is 0 Å². The zero-order valence-electron chi connectivity index (χ0n) is 16.8. The lowest BCUT2D eigenvalue weighted by atomic mass is 10.2. The van der Waals surface area contributed by atoms with Gasteiger partial charge in [0.05, 0.1) is 30.3 Å². The van der Waals surface area contributed by atoms with E-state index in [9.17, 15) is 13.2 Å². The molecule has 2 heterocycles. The Morgan fingerprint density at radius 3 is 2.45 bits per heavy atom. The fourth-order valence-corrected chi connectivity index (χ4v) is 4.55. The van der Waals surface area contributed by atoms with E-state index in [0.717, 1.165) is 17.0 Å². The van der Waals surface area contributed by atoms with Crippen molar-refractivity contribution in [3.8, 4) is 0 Å². The minimum Gasteiger partial charge on any atom is -0.379 e. The summed E-state index contributed by atoms with van der Waals surface area (Å²) in [6.07, 6.45) is 0. The van der Waals surface area contributed by atoms with E-state index in [4.69, 9.17) is 9.26 Å². The van der Waals surface area contributed by atoms with Gasteiger partial charge in [-0.2, -0.15) is 4.31 Å². The van der Waals surface area contributed by atoms with Crippen molar-refractivity contribution in [2.24, 2.45) is 0 Å². The number of carbonyl (C=O) groups is 1. The molecule has 0 saturated carbocycles. The number of rotatable bonds is 7. The fourth-order valence-electron chi connectivity index (χ4n) is 3.15. The number of ether oxygens (including phenoxy) is 1. The summed E-state index contributed by atoms with van der Waals surface area (Å²) in [6, 6.07) is 6.21. The van der Waals surface area contributed by atoms with E-state index in [1.807, 2.05) is 25.8 Å². The first-order valence-electron chi connectivity index (χ1n) is 9.35. The molecule has 1 aromatic carbocycles. The second-order valence-electron chi connectivity index (χ2n) is 7.06. The maximum absolute atomic E-state index is 12.6. The first-order chi connectivity index (χ1) is 13.8. The van der Waals surface area contributed by atoms with Gasteiger partial charge in [0.15, 0.2) is 0 Å². The highest BCUT2D eigenvalue weighted by Crippen LogP contribution is 2.19. The predicted molar refractivity (Wildman–Crippen MR) is 107 cm³/mol. The number of hydrogen-bond acceptors (Lipinski definition) is 7. The van der Waals surface area contributed by atoms with Crippen LogP contribution in [0.25, 0.3) is 0 Å². The molecule has 3 rings (SSSR count). The number of amides is 1. The number of aromatic nitrogens is 1. The third-order valence-corrected chi connectivity index (χ3v) is 6.68. The monoisotopic (exact) mass is 422 g/mol. The molecule has 1 fully saturated rings. The number of aryl methyl sites for hydroxylation is 2. The van der Waals surface area contributed by atoms with Gasteiger partial charge in [0.2, 0.25) is 15.9 Å². The Bertz CT molecular complexity index is 930. The molecule has 1 N–H and O–H groups in total. The molecule has 29 heavy (non-hydrogen) atoms. The summed E-state index contributed by atoms with van der Waals surface area (Å²) >= 11 is 0. The molecule has 0 radical (unpaired) electrons. The highest BCUT2D eigenvalue weighted by molar-refractivity contribution is 7.89. The van der Waals surface area contributed by atoms with E-state index in [0.29, 0.717) is 38.5 Å². The average molecular weight is 423 g/mol. The van der Waals surface area contributed by atoms with Crippen LogP contribution in [-0.4, -0.2) is 68.6 Å². The molecule has 0 aliphatic carbocycles. The van der Waals surface area contributed by atoms with E-state index in [-0.39, 0.29) is 17.3 Å². The lowest BCUT2D eigenvalue weighted by Crippen LogP contribution is -2.40. The van der Waals surface area contributed by atoms with Crippen molar-refractivity contribution in [3.05, 3.63) is 41.3 Å². The van der Waals surface area contributed by atoms with Gasteiger partial charge in [-0.1, -0.05) is 5.16 Å². The third-order valence-electron chi connectivity index (χ3n) is 4.77. The number of benzene rings is 1. The summed E-state index contributed by atoms with van der Waals surface area (Å²) < 4.78 is 37.0. The molecule has 9 nitrogen and oxygen atoms in total. The van der Waals surface area contributed by atoms with Gasteiger partial charge in [-0.25, -0.2) is 8.42 Å². The van der Waals surface area contributed by atoms with Crippen molar-refractivity contribution in [2.45, 2.75) is 25.3 Å². The summed E-state index contributed by atoms with van der Waals surface area (Å²) in [5.41, 5.74) is 2.33. The molecule has 158 valence electrons. The Kier molecular flexibility index (Phi) is 6.68. The molecule has 1 aliphatic rings. The molecule has 0 atom stereocenters. The Morgan fingerprint density at radius 1 is 1.21 bits per heavy atom. The first kappa shape index (κ1) is 21.4. The molecule has 2 aromatic rings. The van der Waals surface area contributed by atoms with Crippen LogP contribution in [0.2, 0.25) is 0 Å². The van der Waals surface area contributed by atoms with Crippen LogP contribution in [-0.2, 0) is 26.1 Å². The van der Waals surface area contributed by atoms with Gasteiger partial charge in [0, 0.05) is 30.9 Å². The number of likely N-dealkylation sites (N-methyl/N-ethyl adjacent to an activating group) is 1. The zero-order chi connectivity index (χ0) is 21.0. The van der Waals surface area contributed by atoms with Crippen LogP contribution in [0.15, 0.2) is 33.7 Å². The second kappa shape index (κ2) is 9.04. The maximum atomic E-state index is 12.6. The van der Waals surface area contributed by atoms with Crippen molar-refractivity contribution in [2.75, 3.05) is 45.2 Å². The minimum atomic E-state index is -3.55. The van der Waals surface area contributed by atoms with Crippen molar-refractivity contribution in [1.82, 2.24) is 14.4 Å². The molecule has 1 amide bonds. The molecule has 0 bridgehead atoms. The van der Waals surface area contributed by atoms with E-state index in [1.54, 1.807) is 12.1 Å². The van der Waals surface area contributed by atoms with Crippen LogP contribution in [0.1, 0.15) is 17.0 Å². The number of nitrogens with zero attached hydrogens (tertiary/aromatic N) is 3. The van der Waals surface area contributed by atoms with Gasteiger partial charge in [0.1, 0.15) is 5.76 Å². The Hall–Kier alpha value is -2.27. The van der Waals surface area contributed by atoms with Crippen molar-refractivity contribution < 1.29 is 22.5 Å². The fraction of sp³-hybridized carbons (Fsp3) is 0.474. The molecular formula is C19H26N4O5S. The van der Waals surface area contributed by atoms with Crippen molar-refractivity contribution in [3.63, 3.8) is 0 Å². The first-order valence-corrected chi connectivity index (χ1v) is 10.8. The molecule has 1 aromatic heterocycles. The number of anilines is 1. The van der Waals surface area contributed by atoms with Crippen molar-refractivity contribution in [1.29, 1.82) is 0 Å². The minimum absolute atomic E-state index is 0.178. The number of nitrogens with one attached hydrogen (secondary N) is 1. The van der Waals surface area contributed by atoms with E-state index in [2.05, 4.69) is 10.5 Å². The van der Waals surface area contributed by atoms with Gasteiger partial charge in [-0.05, 0) is 45.2 Å². The highest BCUT2D eigenvalue weighted by atomic mass is 32.2. The summed E-state index contributed by atoms with van der Waals surface area (Å²) in [5, 5.41) is 6.71. The average Bonchev–Trinajstić information content (AvgIpc) is 3.01. The summed E-state index contributed by atoms with van der Waals surface area (Å²) in [7, 11) is -1.71. The number of morpholine rings is 1. The number of sulfonamides is 1. The molecular weight excluding hydrogens is 396 g/mol. The number of hydrogen-bond donors (Lipinski definition) is 1. The Morgan fingerprint density at radius 2 is 1.86 bits per heavy atom. The third kappa shape index (κ3) is 5.21. The topological polar surface area (TPSA) is 105 Å². The number of carbonyl (C=O) groups excluding carboxylic acids is 1. The lowest BCUT2D eigenvalue weighted by molar-refractivity contribution is -0.117. The second-order valence-corrected chi connectivity index (χ2v) is 9.00. The van der Waals surface area contributed by atoms with Gasteiger partial charge >= 0.3 is 0 Å². The van der Waals surface area contributed by atoms with Crippen LogP contribution in [0.4, 0.5) is 5.69 Å². The lowest BCUT2D eigenvalue weighted by Gasteiger charge is -2.26. The van der Waals surface area contributed by atoms with Crippen LogP contribution in [0, 0.1) is 13.8 Å². The van der Waals surface area contributed by atoms with Crippen LogP contribution < -0.4 is 5.32 Å². The molecule has 1 saturated heterocycles. The molecule has 0 spiro atoms. The summed E-state index contributed by atoms with van der Waals surface area (Å²) in [6.45, 7) is 5.92. The molecule has 0 unspecified atom stereocenters. The highest BCUT2D eigenvalue weighted by Gasteiger charge is 2.26. The van der Waals surface area contributed by atoms with Crippen molar-refractivity contribution >= 4 is 21.6 Å². The Labute approximate surface area is 170 Å². The summed E-state index contributed by atoms with van der Waals surface area (Å²) in [5.74, 6) is 0.551. The van der Waals surface area contributed by atoms with Crippen LogP contribution in [0.3, 0.4) is 0 Å². The van der Waals surface area contributed by atoms with Gasteiger partial charge in [0.25, 0.3) is 0 Å². The van der Waals surface area contributed by atoms with Crippen LogP contribution >= 0.6 is 0 Å². The SMILES string of the molecule is Cc1noc(C)c1CN(C)CC(=O)Nc1ccc(S(=O)(=O)N2CCOCC2)cc1. The van der Waals surface area contributed by atoms with Gasteiger partial charge in [-0.3, -0.25) is 9.69 Å². The van der Waals surface area contributed by atoms with Gasteiger partial charge in [-0.15, -0.1) is 0 Å². The quantitative estimate of drug-likeness (QED) is 0.719. The molecule has 1 aliphatic heterocycles. The van der Waals surface area contributed by atoms with Gasteiger partial charge < -0.3 is 14.6 Å². The Balaban J connectivity index is 1.57. The van der Waals surface area contributed by atoms with E-state index < -0.39 is 10.0 Å². The largest absolute Gasteiger partial charge is 0.379 e. The maximum Gasteiger partial charge on any atom is 0.243 e. The zero-order valence-corrected chi connectivity index (χ0v) is 17.7. The normalized spacial score (nSPS) is 15.6.